The van der Waals surface area contributed by atoms with Gasteiger partial charge in [0.15, 0.2) is 0 Å². The summed E-state index contributed by atoms with van der Waals surface area (Å²) in [5.41, 5.74) is 0. The minimum atomic E-state index is -0.796. The number of nitrogens with one attached hydrogen (secondary N) is 1. The molecule has 0 aliphatic rings. The number of carbonyl (C=O) groups excluding carboxylic acids is 2. The van der Waals surface area contributed by atoms with Crippen molar-refractivity contribution in [1.82, 2.24) is 5.32 Å². The number of allylic oxidation sites excluding steroid dienone is 10. The third-order valence-electron chi connectivity index (χ3n) is 12.2. The summed E-state index contributed by atoms with van der Waals surface area (Å²) in [5.74, 6) is -0.515. The predicted octanol–water partition coefficient (Wildman–Crippen LogP) is 16.4. The van der Waals surface area contributed by atoms with Crippen LogP contribution in [0.4, 0.5) is 0 Å². The number of ether oxygens (including phenoxy) is 1. The Morgan fingerprint density at radius 3 is 1.29 bits per heavy atom. The molecule has 6 nitrogen and oxygen atoms in total. The Balaban J connectivity index is 4.61. The van der Waals surface area contributed by atoms with E-state index in [0.717, 1.165) is 70.6 Å². The van der Waals surface area contributed by atoms with E-state index in [1.165, 1.54) is 148 Å². The summed E-state index contributed by atoms with van der Waals surface area (Å²) in [6.07, 6.45) is 62.8. The summed E-state index contributed by atoms with van der Waals surface area (Å²) in [4.78, 5) is 26.2. The molecule has 0 saturated carbocycles. The minimum Gasteiger partial charge on any atom is -0.462 e. The van der Waals surface area contributed by atoms with Crippen molar-refractivity contribution in [1.29, 1.82) is 0 Å². The highest BCUT2D eigenvalue weighted by Gasteiger charge is 2.24. The Labute approximate surface area is 390 Å². The van der Waals surface area contributed by atoms with Crippen LogP contribution in [-0.4, -0.2) is 46.9 Å². The number of unbranched alkanes of at least 4 members (excludes halogenated alkanes) is 30. The minimum absolute atomic E-state index is 0.0616. The van der Waals surface area contributed by atoms with E-state index in [9.17, 15) is 19.8 Å². The van der Waals surface area contributed by atoms with Crippen LogP contribution in [0.1, 0.15) is 265 Å². The van der Waals surface area contributed by atoms with E-state index < -0.39 is 18.2 Å². The fraction of sp³-hybridized carbons (Fsp3) is 0.789. The van der Waals surface area contributed by atoms with Gasteiger partial charge in [0.1, 0.15) is 6.10 Å². The van der Waals surface area contributed by atoms with E-state index in [-0.39, 0.29) is 24.9 Å². The zero-order valence-electron chi connectivity index (χ0n) is 41.7. The van der Waals surface area contributed by atoms with Gasteiger partial charge in [-0.3, -0.25) is 9.59 Å². The van der Waals surface area contributed by atoms with Crippen molar-refractivity contribution in [2.45, 2.75) is 283 Å². The lowest BCUT2D eigenvalue weighted by Gasteiger charge is -2.24. The summed E-state index contributed by atoms with van der Waals surface area (Å²) >= 11 is 0. The predicted molar refractivity (Wildman–Crippen MR) is 273 cm³/mol. The molecule has 0 aromatic rings. The zero-order valence-corrected chi connectivity index (χ0v) is 41.7. The maximum Gasteiger partial charge on any atom is 0.306 e. The van der Waals surface area contributed by atoms with Crippen molar-refractivity contribution < 1.29 is 24.5 Å². The Bertz CT molecular complexity index is 1130. The molecule has 0 bridgehead atoms. The molecule has 0 rings (SSSR count). The number of aliphatic hydroxyl groups excluding tert-OH is 2. The number of carbonyl (C=O) groups is 2. The van der Waals surface area contributed by atoms with E-state index in [0.29, 0.717) is 19.3 Å². The molecule has 63 heavy (non-hydrogen) atoms. The standard InChI is InChI=1S/C57H103NO5/c1-4-7-10-13-16-19-22-25-28-31-34-37-40-43-46-49-55(60)54(52-59)58-56(61)51-53(48-45-42-39-36-33-30-27-24-21-18-15-12-9-6-3)63-57(62)50-47-44-41-38-35-32-29-26-23-20-17-14-11-8-5-2/h8,11,14,17,20,23,26,29,32,35,53-55,59-60H,4-7,9-10,12-13,15-16,18-19,21-22,24-25,27-28,30-31,33-34,36-52H2,1-3H3,(H,58,61)/b11-8+,17-14+,23-20-,29-26-,35-32+. The van der Waals surface area contributed by atoms with Crippen LogP contribution in [0.5, 0.6) is 0 Å². The Kier molecular flexibility index (Phi) is 48.6. The average Bonchev–Trinajstić information content (AvgIpc) is 3.28. The number of esters is 1. The van der Waals surface area contributed by atoms with Gasteiger partial charge in [-0.25, -0.2) is 0 Å². The van der Waals surface area contributed by atoms with Gasteiger partial charge >= 0.3 is 5.97 Å². The lowest BCUT2D eigenvalue weighted by atomic mass is 10.0. The first-order valence-corrected chi connectivity index (χ1v) is 27.1. The molecular formula is C57H103NO5. The number of aliphatic hydroxyl groups is 2. The molecule has 0 aliphatic carbocycles. The van der Waals surface area contributed by atoms with E-state index in [2.05, 4.69) is 50.4 Å². The Hall–Kier alpha value is -2.44. The third-order valence-corrected chi connectivity index (χ3v) is 12.2. The maximum absolute atomic E-state index is 13.2. The van der Waals surface area contributed by atoms with Crippen molar-refractivity contribution in [3.8, 4) is 0 Å². The van der Waals surface area contributed by atoms with Crippen molar-refractivity contribution in [2.24, 2.45) is 0 Å². The van der Waals surface area contributed by atoms with Gasteiger partial charge in [0, 0.05) is 6.42 Å². The van der Waals surface area contributed by atoms with Gasteiger partial charge in [-0.15, -0.1) is 0 Å². The molecule has 1 amide bonds. The van der Waals surface area contributed by atoms with Crippen molar-refractivity contribution in [3.05, 3.63) is 60.8 Å². The number of amides is 1. The topological polar surface area (TPSA) is 95.9 Å². The monoisotopic (exact) mass is 882 g/mol. The number of hydrogen-bond donors (Lipinski definition) is 3. The van der Waals surface area contributed by atoms with Gasteiger partial charge in [0.25, 0.3) is 0 Å². The van der Waals surface area contributed by atoms with Gasteiger partial charge in [-0.05, 0) is 44.9 Å². The zero-order chi connectivity index (χ0) is 45.9. The molecule has 366 valence electrons. The molecule has 0 heterocycles. The van der Waals surface area contributed by atoms with E-state index >= 15 is 0 Å². The molecule has 3 unspecified atom stereocenters. The van der Waals surface area contributed by atoms with Crippen LogP contribution in [0.25, 0.3) is 0 Å². The second-order valence-corrected chi connectivity index (χ2v) is 18.4. The third kappa shape index (κ3) is 45.9. The van der Waals surface area contributed by atoms with Gasteiger partial charge in [-0.1, -0.05) is 268 Å². The SMILES string of the molecule is CC/C=C/C=C/C=C\C=C/C=C/CCCCCC(=O)OC(CCCCCCCCCCCCCCCC)CC(=O)NC(CO)C(O)CCCCCCCCCCCCCCCCC. The highest BCUT2D eigenvalue weighted by molar-refractivity contribution is 5.77. The molecule has 3 N–H and O–H groups in total. The fourth-order valence-electron chi connectivity index (χ4n) is 8.16. The Morgan fingerprint density at radius 2 is 0.857 bits per heavy atom. The normalized spacial score (nSPS) is 13.7. The quantitative estimate of drug-likeness (QED) is 0.0321. The fourth-order valence-corrected chi connectivity index (χ4v) is 8.16. The first-order valence-electron chi connectivity index (χ1n) is 27.1. The highest BCUT2D eigenvalue weighted by Crippen LogP contribution is 2.18. The lowest BCUT2D eigenvalue weighted by Crippen LogP contribution is -2.46. The molecule has 0 aromatic heterocycles. The molecule has 0 saturated heterocycles. The summed E-state index contributed by atoms with van der Waals surface area (Å²) < 4.78 is 5.93. The van der Waals surface area contributed by atoms with Crippen LogP contribution >= 0.6 is 0 Å². The summed E-state index contributed by atoms with van der Waals surface area (Å²) in [6, 6.07) is -0.710. The largest absolute Gasteiger partial charge is 0.462 e. The number of rotatable bonds is 48. The summed E-state index contributed by atoms with van der Waals surface area (Å²) in [6.45, 7) is 6.35. The van der Waals surface area contributed by atoms with Crippen molar-refractivity contribution >= 4 is 11.9 Å². The van der Waals surface area contributed by atoms with Crippen molar-refractivity contribution in [3.63, 3.8) is 0 Å². The molecule has 6 heteroatoms. The van der Waals surface area contributed by atoms with Crippen LogP contribution in [0.15, 0.2) is 60.8 Å². The second-order valence-electron chi connectivity index (χ2n) is 18.4. The molecule has 0 aromatic carbocycles. The average molecular weight is 882 g/mol. The van der Waals surface area contributed by atoms with Crippen molar-refractivity contribution in [2.75, 3.05) is 6.61 Å². The van der Waals surface area contributed by atoms with E-state index in [1.54, 1.807) is 0 Å². The Morgan fingerprint density at radius 1 is 0.476 bits per heavy atom. The molecule has 0 radical (unpaired) electrons. The smallest absolute Gasteiger partial charge is 0.306 e. The molecule has 0 fully saturated rings. The first-order chi connectivity index (χ1) is 31.0. The lowest BCUT2D eigenvalue weighted by molar-refractivity contribution is -0.151. The number of hydrogen-bond acceptors (Lipinski definition) is 5. The van der Waals surface area contributed by atoms with Crippen LogP contribution in [-0.2, 0) is 14.3 Å². The van der Waals surface area contributed by atoms with Crippen LogP contribution in [0, 0.1) is 0 Å². The summed E-state index contributed by atoms with van der Waals surface area (Å²) in [5, 5.41) is 23.8. The van der Waals surface area contributed by atoms with Gasteiger partial charge < -0.3 is 20.3 Å². The summed E-state index contributed by atoms with van der Waals surface area (Å²) in [7, 11) is 0. The van der Waals surface area contributed by atoms with E-state index in [1.807, 2.05) is 36.5 Å². The van der Waals surface area contributed by atoms with E-state index in [4.69, 9.17) is 4.74 Å². The molecule has 3 atom stereocenters. The molecule has 0 aliphatic heterocycles. The van der Waals surface area contributed by atoms with Crippen LogP contribution in [0.3, 0.4) is 0 Å². The molecular weight excluding hydrogens is 779 g/mol. The van der Waals surface area contributed by atoms with Gasteiger partial charge in [0.2, 0.25) is 5.91 Å². The van der Waals surface area contributed by atoms with Gasteiger partial charge in [-0.2, -0.15) is 0 Å². The van der Waals surface area contributed by atoms with Crippen LogP contribution < -0.4 is 5.32 Å². The second kappa shape index (κ2) is 50.6. The maximum atomic E-state index is 13.2. The molecule has 0 spiro atoms. The van der Waals surface area contributed by atoms with Crippen LogP contribution in [0.2, 0.25) is 0 Å². The van der Waals surface area contributed by atoms with Gasteiger partial charge in [0.05, 0.1) is 25.2 Å². The highest BCUT2D eigenvalue weighted by atomic mass is 16.5. The first kappa shape index (κ1) is 60.6.